The molecule has 0 radical (unpaired) electrons. The molecule has 292 valence electrons. The predicted molar refractivity (Wildman–Crippen MR) is 254 cm³/mol. The third-order valence-electron chi connectivity index (χ3n) is 13.4. The summed E-state index contributed by atoms with van der Waals surface area (Å²) in [6, 6.07) is 86.0. The van der Waals surface area contributed by atoms with Crippen LogP contribution in [-0.2, 0) is 16.2 Å². The molecule has 0 saturated carbocycles. The van der Waals surface area contributed by atoms with Gasteiger partial charge in [-0.1, -0.05) is 221 Å². The molecule has 0 heterocycles. The van der Waals surface area contributed by atoms with E-state index in [1.807, 2.05) is 0 Å². The number of rotatable bonds is 7. The van der Waals surface area contributed by atoms with Gasteiger partial charge in [-0.05, 0) is 103 Å². The van der Waals surface area contributed by atoms with Gasteiger partial charge in [-0.2, -0.15) is 0 Å². The summed E-state index contributed by atoms with van der Waals surface area (Å²) < 4.78 is 0. The molecule has 0 unspecified atom stereocenters. The minimum atomic E-state index is -0.521. The van der Waals surface area contributed by atoms with Crippen molar-refractivity contribution in [3.63, 3.8) is 0 Å². The summed E-state index contributed by atoms with van der Waals surface area (Å²) in [6.45, 7) is 6.87. The van der Waals surface area contributed by atoms with Crippen molar-refractivity contribution < 1.29 is 0 Å². The Hall–Kier alpha value is -7.22. The molecule has 1 heteroatoms. The summed E-state index contributed by atoms with van der Waals surface area (Å²) in [5, 5.41) is 0. The summed E-state index contributed by atoms with van der Waals surface area (Å²) in [5.74, 6) is 0. The number of benzene rings is 9. The molecule has 0 bridgehead atoms. The van der Waals surface area contributed by atoms with Gasteiger partial charge in [-0.3, -0.25) is 0 Å². The zero-order valence-corrected chi connectivity index (χ0v) is 34.9. The second-order valence-electron chi connectivity index (χ2n) is 17.6. The monoisotopic (exact) mass is 781 g/mol. The highest BCUT2D eigenvalue weighted by atomic mass is 15.1. The van der Waals surface area contributed by atoms with Crippen LogP contribution in [0.4, 0.5) is 17.1 Å². The quantitative estimate of drug-likeness (QED) is 0.156. The average molecular weight is 782 g/mol. The zero-order chi connectivity index (χ0) is 41.2. The number of anilines is 3. The molecule has 0 N–H and O–H groups in total. The fourth-order valence-electron chi connectivity index (χ4n) is 10.8. The third-order valence-corrected chi connectivity index (χ3v) is 13.4. The van der Waals surface area contributed by atoms with Crippen molar-refractivity contribution in [3.8, 4) is 22.3 Å². The summed E-state index contributed by atoms with van der Waals surface area (Å²) >= 11 is 0. The SMILES string of the molecule is CC(C)(C)c1ccc(N(c2ccc3c(c2)C(c2ccccc2)(c2ccccc2)c2ccccc2-3)c2cccc3c2-c2ccccc2C3(c2ccccc2)c2ccccc2)cc1. The van der Waals surface area contributed by atoms with E-state index in [4.69, 9.17) is 0 Å². The molecule has 0 aliphatic heterocycles. The number of nitrogens with zero attached hydrogens (tertiary/aromatic N) is 1. The summed E-state index contributed by atoms with van der Waals surface area (Å²) in [5.41, 5.74) is 19.0. The highest BCUT2D eigenvalue weighted by molar-refractivity contribution is 5.98. The van der Waals surface area contributed by atoms with Crippen molar-refractivity contribution >= 4 is 17.1 Å². The Labute approximate surface area is 360 Å². The highest BCUT2D eigenvalue weighted by Crippen LogP contribution is 2.61. The smallest absolute Gasteiger partial charge is 0.0714 e. The maximum Gasteiger partial charge on any atom is 0.0714 e. The lowest BCUT2D eigenvalue weighted by molar-refractivity contribution is 0.590. The first-order chi connectivity index (χ1) is 29.9. The lowest BCUT2D eigenvalue weighted by Gasteiger charge is -2.35. The Morgan fingerprint density at radius 1 is 0.328 bits per heavy atom. The first-order valence-electron chi connectivity index (χ1n) is 21.5. The topological polar surface area (TPSA) is 3.24 Å². The third kappa shape index (κ3) is 5.47. The fraction of sp³-hybridized carbons (Fsp3) is 0.100. The Bertz CT molecular complexity index is 2950. The van der Waals surface area contributed by atoms with Gasteiger partial charge in [0.05, 0.1) is 16.5 Å². The largest absolute Gasteiger partial charge is 0.310 e. The van der Waals surface area contributed by atoms with Crippen molar-refractivity contribution in [2.75, 3.05) is 4.90 Å². The average Bonchev–Trinajstić information content (AvgIpc) is 3.79. The van der Waals surface area contributed by atoms with Gasteiger partial charge >= 0.3 is 0 Å². The van der Waals surface area contributed by atoms with Crippen LogP contribution in [0.15, 0.2) is 231 Å². The minimum absolute atomic E-state index is 0.0194. The van der Waals surface area contributed by atoms with Gasteiger partial charge in [0.2, 0.25) is 0 Å². The van der Waals surface area contributed by atoms with E-state index in [0.29, 0.717) is 0 Å². The molecule has 2 aliphatic rings. The molecule has 0 aromatic heterocycles. The Balaban J connectivity index is 1.22. The van der Waals surface area contributed by atoms with Crippen LogP contribution in [0, 0.1) is 0 Å². The van der Waals surface area contributed by atoms with Crippen LogP contribution in [0.2, 0.25) is 0 Å². The maximum absolute atomic E-state index is 2.53. The van der Waals surface area contributed by atoms with Crippen molar-refractivity contribution in [2.24, 2.45) is 0 Å². The van der Waals surface area contributed by atoms with E-state index < -0.39 is 10.8 Å². The maximum atomic E-state index is 2.53. The van der Waals surface area contributed by atoms with Crippen LogP contribution < -0.4 is 4.90 Å². The first-order valence-corrected chi connectivity index (χ1v) is 21.5. The Kier molecular flexibility index (Phi) is 8.58. The standard InChI is InChI=1S/C60H47N/c1-58(2,3)42-35-37-47(38-36-42)61(48-39-40-50-49-29-16-18-31-52(49)60(55(50)41-48,45-25-12-6-13-26-45)46-27-14-7-15-28-46)56-34-20-33-54-57(56)51-30-17-19-32-53(51)59(54,43-21-8-4-9-22-43)44-23-10-5-11-24-44/h4-41H,1-3H3. The predicted octanol–water partition coefficient (Wildman–Crippen LogP) is 15.2. The van der Waals surface area contributed by atoms with Crippen LogP contribution in [0.5, 0.6) is 0 Å². The number of fused-ring (bicyclic) bond motifs is 6. The summed E-state index contributed by atoms with van der Waals surface area (Å²) in [4.78, 5) is 2.53. The van der Waals surface area contributed by atoms with Crippen molar-refractivity contribution in [1.82, 2.24) is 0 Å². The van der Waals surface area contributed by atoms with Crippen LogP contribution in [-0.4, -0.2) is 0 Å². The van der Waals surface area contributed by atoms with Gasteiger partial charge in [0.15, 0.2) is 0 Å². The molecular formula is C60H47N. The van der Waals surface area contributed by atoms with Crippen LogP contribution >= 0.6 is 0 Å². The van der Waals surface area contributed by atoms with Crippen molar-refractivity contribution in [3.05, 3.63) is 281 Å². The molecule has 11 rings (SSSR count). The molecule has 2 aliphatic carbocycles. The molecule has 9 aromatic carbocycles. The van der Waals surface area contributed by atoms with Crippen LogP contribution in [0.3, 0.4) is 0 Å². The molecule has 0 atom stereocenters. The molecule has 0 spiro atoms. The minimum Gasteiger partial charge on any atom is -0.310 e. The van der Waals surface area contributed by atoms with E-state index in [1.165, 1.54) is 72.3 Å². The molecule has 9 aromatic rings. The molecule has 1 nitrogen and oxygen atoms in total. The van der Waals surface area contributed by atoms with E-state index in [2.05, 4.69) is 256 Å². The van der Waals surface area contributed by atoms with Gasteiger partial charge in [0.1, 0.15) is 0 Å². The van der Waals surface area contributed by atoms with E-state index >= 15 is 0 Å². The van der Waals surface area contributed by atoms with Gasteiger partial charge in [-0.25, -0.2) is 0 Å². The summed E-state index contributed by atoms with van der Waals surface area (Å²) in [7, 11) is 0. The van der Waals surface area contributed by atoms with E-state index in [0.717, 1.165) is 17.1 Å². The van der Waals surface area contributed by atoms with E-state index in [1.54, 1.807) is 0 Å². The lowest BCUT2D eigenvalue weighted by Crippen LogP contribution is -2.29. The second kappa shape index (κ2) is 14.2. The normalized spacial score (nSPS) is 14.1. The van der Waals surface area contributed by atoms with Crippen LogP contribution in [0.1, 0.15) is 70.8 Å². The number of hydrogen-bond donors (Lipinski definition) is 0. The Morgan fingerprint density at radius 3 is 1.26 bits per heavy atom. The van der Waals surface area contributed by atoms with Gasteiger partial charge in [-0.15, -0.1) is 0 Å². The number of hydrogen-bond acceptors (Lipinski definition) is 1. The second-order valence-corrected chi connectivity index (χ2v) is 17.6. The fourth-order valence-corrected chi connectivity index (χ4v) is 10.8. The Morgan fingerprint density at radius 2 is 0.738 bits per heavy atom. The van der Waals surface area contributed by atoms with E-state index in [9.17, 15) is 0 Å². The lowest BCUT2D eigenvalue weighted by atomic mass is 9.67. The molecule has 0 amide bonds. The van der Waals surface area contributed by atoms with Crippen LogP contribution in [0.25, 0.3) is 22.3 Å². The molecule has 0 saturated heterocycles. The van der Waals surface area contributed by atoms with Crippen molar-refractivity contribution in [1.29, 1.82) is 0 Å². The van der Waals surface area contributed by atoms with E-state index in [-0.39, 0.29) is 5.41 Å². The first kappa shape index (κ1) is 36.8. The zero-order valence-electron chi connectivity index (χ0n) is 34.9. The highest BCUT2D eigenvalue weighted by Gasteiger charge is 2.49. The molecule has 0 fully saturated rings. The molecular weight excluding hydrogens is 735 g/mol. The summed E-state index contributed by atoms with van der Waals surface area (Å²) in [6.07, 6.45) is 0. The van der Waals surface area contributed by atoms with Gasteiger partial charge < -0.3 is 4.90 Å². The van der Waals surface area contributed by atoms with Gasteiger partial charge in [0.25, 0.3) is 0 Å². The van der Waals surface area contributed by atoms with Gasteiger partial charge in [0, 0.05) is 16.9 Å². The molecule has 61 heavy (non-hydrogen) atoms. The van der Waals surface area contributed by atoms with Crippen molar-refractivity contribution in [2.45, 2.75) is 37.0 Å².